The van der Waals surface area contributed by atoms with Crippen molar-refractivity contribution in [3.8, 4) is 0 Å². The minimum absolute atomic E-state index is 0.161. The molecule has 1 unspecified atom stereocenters. The number of hydrogen-bond acceptors (Lipinski definition) is 4. The molecule has 0 aliphatic heterocycles. The molecule has 0 saturated heterocycles. The molecule has 0 spiro atoms. The number of unbranched alkanes of at least 4 members (excludes halogenated alkanes) is 12. The number of amides is 1. The molecule has 35 heavy (non-hydrogen) atoms. The van der Waals surface area contributed by atoms with Crippen LogP contribution in [0.4, 0.5) is 0 Å². The molecule has 1 amide bonds. The van der Waals surface area contributed by atoms with E-state index in [0.29, 0.717) is 12.5 Å². The van der Waals surface area contributed by atoms with Crippen LogP contribution < -0.4 is 5.73 Å². The number of nitrogens with zero attached hydrogens (tertiary/aromatic N) is 3. The van der Waals surface area contributed by atoms with Gasteiger partial charge in [0.05, 0.1) is 0 Å². The summed E-state index contributed by atoms with van der Waals surface area (Å²) in [7, 11) is 6.67. The molecule has 0 aliphatic rings. The van der Waals surface area contributed by atoms with Crippen molar-refractivity contribution in [1.29, 1.82) is 0 Å². The largest absolute Gasteiger partial charge is 0.370 e. The van der Waals surface area contributed by atoms with Crippen LogP contribution >= 0.6 is 0 Å². The van der Waals surface area contributed by atoms with Crippen LogP contribution in [0, 0.1) is 0 Å². The lowest BCUT2D eigenvalue weighted by Crippen LogP contribution is -2.37. The molecule has 0 aromatic rings. The third kappa shape index (κ3) is 23.5. The molecule has 0 bridgehead atoms. The van der Waals surface area contributed by atoms with Gasteiger partial charge >= 0.3 is 0 Å². The average molecular weight is 497 g/mol. The first-order valence-corrected chi connectivity index (χ1v) is 15.3. The van der Waals surface area contributed by atoms with Gasteiger partial charge in [-0.1, -0.05) is 90.9 Å². The van der Waals surface area contributed by atoms with Gasteiger partial charge in [0, 0.05) is 12.5 Å². The molecule has 2 N–H and O–H groups in total. The summed E-state index contributed by atoms with van der Waals surface area (Å²) in [5.74, 6) is -0.161. The molecule has 210 valence electrons. The van der Waals surface area contributed by atoms with Crippen molar-refractivity contribution in [1.82, 2.24) is 14.7 Å². The maximum absolute atomic E-state index is 11.6. The molecule has 5 heteroatoms. The SMILES string of the molecule is CCCCCCCCCCCCCC(CC(N)=O)N(C)CCCN(C)CCCCN(C)CCCC. The Bertz CT molecular complexity index is 460. The first kappa shape index (κ1) is 34.4. The second-order valence-corrected chi connectivity index (χ2v) is 11.1. The van der Waals surface area contributed by atoms with Gasteiger partial charge in [0.2, 0.25) is 5.91 Å². The van der Waals surface area contributed by atoms with E-state index in [1.54, 1.807) is 0 Å². The van der Waals surface area contributed by atoms with Crippen LogP contribution in [0.15, 0.2) is 0 Å². The predicted octanol–water partition coefficient (Wildman–Crippen LogP) is 6.70. The molecule has 0 aromatic carbocycles. The van der Waals surface area contributed by atoms with Crippen molar-refractivity contribution in [2.75, 3.05) is 53.9 Å². The second kappa shape index (κ2) is 25.0. The van der Waals surface area contributed by atoms with E-state index in [9.17, 15) is 4.79 Å². The first-order chi connectivity index (χ1) is 16.9. The number of primary amides is 1. The lowest BCUT2D eigenvalue weighted by atomic mass is 10.0. The van der Waals surface area contributed by atoms with E-state index in [-0.39, 0.29) is 5.91 Å². The van der Waals surface area contributed by atoms with E-state index in [2.05, 4.69) is 49.7 Å². The normalized spacial score (nSPS) is 12.8. The highest BCUT2D eigenvalue weighted by Crippen LogP contribution is 2.16. The van der Waals surface area contributed by atoms with E-state index in [1.807, 2.05) is 0 Å². The average Bonchev–Trinajstić information content (AvgIpc) is 2.82. The van der Waals surface area contributed by atoms with Gasteiger partial charge in [-0.05, 0) is 86.0 Å². The Morgan fingerprint density at radius 3 is 1.49 bits per heavy atom. The summed E-state index contributed by atoms with van der Waals surface area (Å²) in [5.41, 5.74) is 5.58. The molecule has 0 saturated carbocycles. The molecule has 0 radical (unpaired) electrons. The zero-order chi connectivity index (χ0) is 26.2. The summed E-state index contributed by atoms with van der Waals surface area (Å²) in [6.07, 6.45) is 22.8. The highest BCUT2D eigenvalue weighted by Gasteiger charge is 2.17. The maximum atomic E-state index is 11.6. The van der Waals surface area contributed by atoms with Crippen LogP contribution in [-0.4, -0.2) is 80.5 Å². The number of rotatable bonds is 27. The first-order valence-electron chi connectivity index (χ1n) is 15.3. The minimum Gasteiger partial charge on any atom is -0.370 e. The molecule has 0 rings (SSSR count). The molecule has 0 aliphatic carbocycles. The van der Waals surface area contributed by atoms with Gasteiger partial charge in [-0.2, -0.15) is 0 Å². The van der Waals surface area contributed by atoms with Crippen LogP contribution in [0.5, 0.6) is 0 Å². The topological polar surface area (TPSA) is 52.8 Å². The van der Waals surface area contributed by atoms with Gasteiger partial charge in [0.15, 0.2) is 0 Å². The Morgan fingerprint density at radius 2 is 1.00 bits per heavy atom. The fraction of sp³-hybridized carbons (Fsp3) is 0.967. The van der Waals surface area contributed by atoms with Gasteiger partial charge in [-0.3, -0.25) is 4.79 Å². The van der Waals surface area contributed by atoms with Crippen molar-refractivity contribution in [2.45, 2.75) is 135 Å². The summed E-state index contributed by atoms with van der Waals surface area (Å²) in [6.45, 7) is 10.3. The molecular formula is C30H64N4O. The predicted molar refractivity (Wildman–Crippen MR) is 155 cm³/mol. The fourth-order valence-corrected chi connectivity index (χ4v) is 4.94. The van der Waals surface area contributed by atoms with Crippen molar-refractivity contribution < 1.29 is 4.79 Å². The number of carbonyl (C=O) groups is 1. The Morgan fingerprint density at radius 1 is 0.571 bits per heavy atom. The standard InChI is InChI=1S/C30H64N4O/c1-6-8-10-11-12-13-14-15-16-17-18-22-29(28-30(31)35)34(5)27-21-26-33(4)25-20-19-24-32(3)23-9-7-2/h29H,6-28H2,1-5H3,(H2,31,35). The second-order valence-electron chi connectivity index (χ2n) is 11.1. The number of nitrogens with two attached hydrogens (primary N) is 1. The van der Waals surface area contributed by atoms with Crippen molar-refractivity contribution in [2.24, 2.45) is 5.73 Å². The van der Waals surface area contributed by atoms with E-state index < -0.39 is 0 Å². The Labute approximate surface area is 220 Å². The van der Waals surface area contributed by atoms with E-state index in [1.165, 1.54) is 116 Å². The third-order valence-electron chi connectivity index (χ3n) is 7.47. The number of carbonyl (C=O) groups excluding carboxylic acids is 1. The molecule has 0 aromatic heterocycles. The lowest BCUT2D eigenvalue weighted by molar-refractivity contribution is -0.119. The third-order valence-corrected chi connectivity index (χ3v) is 7.47. The van der Waals surface area contributed by atoms with Gasteiger partial charge in [-0.25, -0.2) is 0 Å². The molecular weight excluding hydrogens is 432 g/mol. The molecule has 5 nitrogen and oxygen atoms in total. The summed E-state index contributed by atoms with van der Waals surface area (Å²) < 4.78 is 0. The minimum atomic E-state index is -0.161. The highest BCUT2D eigenvalue weighted by atomic mass is 16.1. The van der Waals surface area contributed by atoms with E-state index >= 15 is 0 Å². The fourth-order valence-electron chi connectivity index (χ4n) is 4.94. The van der Waals surface area contributed by atoms with Crippen molar-refractivity contribution in [3.05, 3.63) is 0 Å². The van der Waals surface area contributed by atoms with Gasteiger partial charge in [0.1, 0.15) is 0 Å². The van der Waals surface area contributed by atoms with Crippen LogP contribution in [0.3, 0.4) is 0 Å². The quantitative estimate of drug-likeness (QED) is 0.129. The van der Waals surface area contributed by atoms with Crippen LogP contribution in [0.25, 0.3) is 0 Å². The van der Waals surface area contributed by atoms with Crippen molar-refractivity contribution >= 4 is 5.91 Å². The van der Waals surface area contributed by atoms with Crippen molar-refractivity contribution in [3.63, 3.8) is 0 Å². The smallest absolute Gasteiger partial charge is 0.218 e. The van der Waals surface area contributed by atoms with Gasteiger partial charge in [0.25, 0.3) is 0 Å². The van der Waals surface area contributed by atoms with E-state index in [0.717, 1.165) is 25.9 Å². The zero-order valence-corrected chi connectivity index (χ0v) is 24.7. The Balaban J connectivity index is 3.90. The highest BCUT2D eigenvalue weighted by molar-refractivity contribution is 5.74. The molecule has 0 heterocycles. The van der Waals surface area contributed by atoms with Crippen LogP contribution in [0.2, 0.25) is 0 Å². The van der Waals surface area contributed by atoms with E-state index in [4.69, 9.17) is 5.73 Å². The van der Waals surface area contributed by atoms with Crippen LogP contribution in [0.1, 0.15) is 129 Å². The number of hydrogen-bond donors (Lipinski definition) is 1. The molecule has 0 fully saturated rings. The Kier molecular flexibility index (Phi) is 24.6. The lowest BCUT2D eigenvalue weighted by Gasteiger charge is -2.28. The summed E-state index contributed by atoms with van der Waals surface area (Å²) in [6, 6.07) is 0.301. The monoisotopic (exact) mass is 497 g/mol. The van der Waals surface area contributed by atoms with Gasteiger partial charge in [-0.15, -0.1) is 0 Å². The Hall–Kier alpha value is -0.650. The maximum Gasteiger partial charge on any atom is 0.218 e. The summed E-state index contributed by atoms with van der Waals surface area (Å²) in [4.78, 5) is 19.0. The molecule has 1 atom stereocenters. The zero-order valence-electron chi connectivity index (χ0n) is 24.7. The van der Waals surface area contributed by atoms with Gasteiger partial charge < -0.3 is 20.4 Å². The summed E-state index contributed by atoms with van der Waals surface area (Å²) >= 11 is 0. The summed E-state index contributed by atoms with van der Waals surface area (Å²) in [5, 5.41) is 0. The van der Waals surface area contributed by atoms with Crippen LogP contribution in [-0.2, 0) is 4.79 Å².